The van der Waals surface area contributed by atoms with Gasteiger partial charge in [-0.1, -0.05) is 18.2 Å². The first-order valence-corrected chi connectivity index (χ1v) is 6.55. The number of carbonyl (C=O) groups excluding carboxylic acids is 1. The van der Waals surface area contributed by atoms with Crippen molar-refractivity contribution in [1.29, 1.82) is 0 Å². The summed E-state index contributed by atoms with van der Waals surface area (Å²) >= 11 is 0. The van der Waals surface area contributed by atoms with Crippen LogP contribution in [0, 0.1) is 0 Å². The molecule has 0 fully saturated rings. The molecule has 4 nitrogen and oxygen atoms in total. The minimum atomic E-state index is -0.169. The molecular weight excluding hydrogens is 262 g/mol. The normalized spacial score (nSPS) is 10.1. The van der Waals surface area contributed by atoms with E-state index in [-0.39, 0.29) is 5.91 Å². The molecule has 0 bridgehead atoms. The third kappa shape index (κ3) is 3.12. The second-order valence-electron chi connectivity index (χ2n) is 4.51. The predicted molar refractivity (Wildman–Crippen MR) is 81.9 cm³/mol. The quantitative estimate of drug-likeness (QED) is 0.797. The Kier molecular flexibility index (Phi) is 3.69. The third-order valence-electron chi connectivity index (χ3n) is 3.06. The topological polar surface area (TPSA) is 54.9 Å². The van der Waals surface area contributed by atoms with Crippen LogP contribution in [0.5, 0.6) is 0 Å². The van der Waals surface area contributed by atoms with Crippen LogP contribution in [0.1, 0.15) is 10.4 Å². The molecule has 0 unspecified atom stereocenters. The van der Waals surface area contributed by atoms with Gasteiger partial charge in [-0.3, -0.25) is 14.8 Å². The number of hydrogen-bond donors (Lipinski definition) is 1. The Morgan fingerprint density at radius 1 is 0.810 bits per heavy atom. The molecular formula is C17H13N3O. The summed E-state index contributed by atoms with van der Waals surface area (Å²) in [5.74, 6) is -0.169. The number of benzene rings is 1. The van der Waals surface area contributed by atoms with Gasteiger partial charge in [0.25, 0.3) is 5.91 Å². The molecule has 0 aliphatic heterocycles. The summed E-state index contributed by atoms with van der Waals surface area (Å²) in [5, 5.41) is 2.84. The van der Waals surface area contributed by atoms with Crippen molar-refractivity contribution in [1.82, 2.24) is 9.97 Å². The Morgan fingerprint density at radius 2 is 1.52 bits per heavy atom. The lowest BCUT2D eigenvalue weighted by atomic mass is 10.1. The zero-order valence-corrected chi connectivity index (χ0v) is 11.2. The number of hydrogen-bond acceptors (Lipinski definition) is 3. The van der Waals surface area contributed by atoms with Gasteiger partial charge in [0.1, 0.15) is 0 Å². The smallest absolute Gasteiger partial charge is 0.257 e. The molecule has 2 heterocycles. The van der Waals surface area contributed by atoms with Crippen molar-refractivity contribution in [3.05, 3.63) is 78.9 Å². The van der Waals surface area contributed by atoms with Crippen LogP contribution in [0.3, 0.4) is 0 Å². The molecule has 1 aromatic carbocycles. The molecule has 3 rings (SSSR count). The summed E-state index contributed by atoms with van der Waals surface area (Å²) in [6.45, 7) is 0. The van der Waals surface area contributed by atoms with Crippen LogP contribution >= 0.6 is 0 Å². The van der Waals surface area contributed by atoms with Gasteiger partial charge in [-0.05, 0) is 41.5 Å². The second kappa shape index (κ2) is 5.96. The summed E-state index contributed by atoms with van der Waals surface area (Å²) in [7, 11) is 0. The maximum atomic E-state index is 12.0. The number of nitrogens with one attached hydrogen (secondary N) is 1. The van der Waals surface area contributed by atoms with E-state index in [1.807, 2.05) is 42.6 Å². The van der Waals surface area contributed by atoms with Crippen LogP contribution < -0.4 is 5.32 Å². The maximum Gasteiger partial charge on any atom is 0.257 e. The van der Waals surface area contributed by atoms with E-state index in [4.69, 9.17) is 0 Å². The summed E-state index contributed by atoms with van der Waals surface area (Å²) in [5.41, 5.74) is 3.38. The average Bonchev–Trinajstić information content (AvgIpc) is 2.57. The van der Waals surface area contributed by atoms with Crippen molar-refractivity contribution >= 4 is 11.6 Å². The molecule has 1 amide bonds. The molecule has 4 heteroatoms. The van der Waals surface area contributed by atoms with Gasteiger partial charge in [-0.2, -0.15) is 0 Å². The standard InChI is InChI=1S/C17H13N3O/c21-17(15-4-2-10-19-12-15)20-16-7-5-13(6-8-16)14-3-1-9-18-11-14/h1-12H,(H,20,21). The first-order valence-electron chi connectivity index (χ1n) is 6.55. The molecule has 21 heavy (non-hydrogen) atoms. The lowest BCUT2D eigenvalue weighted by Gasteiger charge is -2.06. The van der Waals surface area contributed by atoms with E-state index in [9.17, 15) is 4.79 Å². The van der Waals surface area contributed by atoms with Crippen molar-refractivity contribution < 1.29 is 4.79 Å². The van der Waals surface area contributed by atoms with Gasteiger partial charge in [0.2, 0.25) is 0 Å². The zero-order chi connectivity index (χ0) is 14.5. The van der Waals surface area contributed by atoms with Crippen LogP contribution in [-0.4, -0.2) is 15.9 Å². The van der Waals surface area contributed by atoms with Crippen molar-refractivity contribution in [3.8, 4) is 11.1 Å². The van der Waals surface area contributed by atoms with E-state index in [2.05, 4.69) is 15.3 Å². The largest absolute Gasteiger partial charge is 0.322 e. The number of carbonyl (C=O) groups is 1. The van der Waals surface area contributed by atoms with Crippen molar-refractivity contribution in [2.24, 2.45) is 0 Å². The van der Waals surface area contributed by atoms with Crippen LogP contribution in [0.25, 0.3) is 11.1 Å². The minimum absolute atomic E-state index is 0.169. The molecule has 0 aliphatic rings. The fourth-order valence-corrected chi connectivity index (χ4v) is 1.98. The molecule has 0 spiro atoms. The van der Waals surface area contributed by atoms with Crippen molar-refractivity contribution in [2.75, 3.05) is 5.32 Å². The first kappa shape index (κ1) is 13.0. The van der Waals surface area contributed by atoms with Gasteiger partial charge in [-0.25, -0.2) is 0 Å². The molecule has 0 aliphatic carbocycles. The van der Waals surface area contributed by atoms with E-state index >= 15 is 0 Å². The third-order valence-corrected chi connectivity index (χ3v) is 3.06. The Balaban J connectivity index is 1.75. The summed E-state index contributed by atoms with van der Waals surface area (Å²) < 4.78 is 0. The van der Waals surface area contributed by atoms with Gasteiger partial charge >= 0.3 is 0 Å². The number of amides is 1. The van der Waals surface area contributed by atoms with Crippen LogP contribution in [-0.2, 0) is 0 Å². The summed E-state index contributed by atoms with van der Waals surface area (Å²) in [6.07, 6.45) is 6.73. The zero-order valence-electron chi connectivity index (χ0n) is 11.2. The van der Waals surface area contributed by atoms with E-state index in [1.54, 1.807) is 30.7 Å². The monoisotopic (exact) mass is 275 g/mol. The van der Waals surface area contributed by atoms with Gasteiger partial charge < -0.3 is 5.32 Å². The van der Waals surface area contributed by atoms with E-state index in [1.165, 1.54) is 0 Å². The highest BCUT2D eigenvalue weighted by molar-refractivity contribution is 6.04. The maximum absolute atomic E-state index is 12.0. The lowest BCUT2D eigenvalue weighted by Crippen LogP contribution is -2.11. The summed E-state index contributed by atoms with van der Waals surface area (Å²) in [6, 6.07) is 15.0. The molecule has 3 aromatic rings. The van der Waals surface area contributed by atoms with Gasteiger partial charge in [0, 0.05) is 30.5 Å². The molecule has 1 N–H and O–H groups in total. The number of nitrogens with zero attached hydrogens (tertiary/aromatic N) is 2. The highest BCUT2D eigenvalue weighted by Gasteiger charge is 2.05. The van der Waals surface area contributed by atoms with E-state index < -0.39 is 0 Å². The highest BCUT2D eigenvalue weighted by Crippen LogP contribution is 2.20. The Hall–Kier alpha value is -3.01. The van der Waals surface area contributed by atoms with Gasteiger partial charge in [0.05, 0.1) is 5.56 Å². The molecule has 0 atom stereocenters. The van der Waals surface area contributed by atoms with E-state index in [0.29, 0.717) is 5.56 Å². The van der Waals surface area contributed by atoms with Crippen LogP contribution in [0.15, 0.2) is 73.3 Å². The summed E-state index contributed by atoms with van der Waals surface area (Å²) in [4.78, 5) is 20.0. The highest BCUT2D eigenvalue weighted by atomic mass is 16.1. The molecule has 0 radical (unpaired) electrons. The Labute approximate surface area is 122 Å². The number of aromatic nitrogens is 2. The van der Waals surface area contributed by atoms with Gasteiger partial charge in [-0.15, -0.1) is 0 Å². The Bertz CT molecular complexity index is 725. The molecule has 0 saturated heterocycles. The lowest BCUT2D eigenvalue weighted by molar-refractivity contribution is 0.102. The first-order chi connectivity index (χ1) is 10.3. The fraction of sp³-hybridized carbons (Fsp3) is 0. The second-order valence-corrected chi connectivity index (χ2v) is 4.51. The Morgan fingerprint density at radius 3 is 2.14 bits per heavy atom. The molecule has 102 valence electrons. The number of pyridine rings is 2. The minimum Gasteiger partial charge on any atom is -0.322 e. The molecule has 2 aromatic heterocycles. The van der Waals surface area contributed by atoms with Crippen LogP contribution in [0.4, 0.5) is 5.69 Å². The number of anilines is 1. The van der Waals surface area contributed by atoms with Gasteiger partial charge in [0.15, 0.2) is 0 Å². The fourth-order valence-electron chi connectivity index (χ4n) is 1.98. The van der Waals surface area contributed by atoms with Crippen molar-refractivity contribution in [2.45, 2.75) is 0 Å². The van der Waals surface area contributed by atoms with Crippen molar-refractivity contribution in [3.63, 3.8) is 0 Å². The van der Waals surface area contributed by atoms with E-state index in [0.717, 1.165) is 16.8 Å². The predicted octanol–water partition coefficient (Wildman–Crippen LogP) is 3.40. The molecule has 0 saturated carbocycles. The number of rotatable bonds is 3. The van der Waals surface area contributed by atoms with Crippen LogP contribution in [0.2, 0.25) is 0 Å². The average molecular weight is 275 g/mol. The SMILES string of the molecule is O=C(Nc1ccc(-c2cccnc2)cc1)c1cccnc1.